The van der Waals surface area contributed by atoms with Crippen molar-refractivity contribution < 1.29 is 4.74 Å². The van der Waals surface area contributed by atoms with E-state index in [1.165, 1.54) is 22.4 Å². The molecule has 0 N–H and O–H groups in total. The van der Waals surface area contributed by atoms with Crippen LogP contribution in [0.1, 0.15) is 28.8 Å². The van der Waals surface area contributed by atoms with E-state index in [0.717, 1.165) is 5.76 Å². The van der Waals surface area contributed by atoms with Gasteiger partial charge in [0.25, 0.3) is 0 Å². The first-order chi connectivity index (χ1) is 15.4. The van der Waals surface area contributed by atoms with Crippen LogP contribution in [0.2, 0.25) is 0 Å². The Morgan fingerprint density at radius 3 is 1.71 bits per heavy atom. The van der Waals surface area contributed by atoms with Crippen molar-refractivity contribution in [2.75, 3.05) is 4.90 Å². The number of rotatable bonds is 6. The Morgan fingerprint density at radius 2 is 1.10 bits per heavy atom. The topological polar surface area (TPSA) is 12.5 Å². The molecule has 0 amide bonds. The number of ether oxygens (including phenoxy) is 1. The van der Waals surface area contributed by atoms with E-state index in [9.17, 15) is 0 Å². The summed E-state index contributed by atoms with van der Waals surface area (Å²) in [5, 5.41) is 0. The van der Waals surface area contributed by atoms with Gasteiger partial charge < -0.3 is 9.64 Å². The molecule has 5 rings (SSSR count). The highest BCUT2D eigenvalue weighted by atomic mass is 16.5. The Morgan fingerprint density at radius 1 is 0.581 bits per heavy atom. The lowest BCUT2D eigenvalue weighted by atomic mass is 10.0. The lowest BCUT2D eigenvalue weighted by molar-refractivity contribution is 0.184. The van der Waals surface area contributed by atoms with Gasteiger partial charge in [-0.1, -0.05) is 109 Å². The van der Waals surface area contributed by atoms with Gasteiger partial charge in [0.05, 0.1) is 6.04 Å². The summed E-state index contributed by atoms with van der Waals surface area (Å²) in [4.78, 5) is 2.46. The summed E-state index contributed by atoms with van der Waals surface area (Å²) < 4.78 is 6.48. The minimum atomic E-state index is 0.0116. The van der Waals surface area contributed by atoms with Crippen LogP contribution in [0, 0.1) is 0 Å². The summed E-state index contributed by atoms with van der Waals surface area (Å²) in [6.45, 7) is 0.556. The van der Waals surface area contributed by atoms with Crippen molar-refractivity contribution in [3.8, 4) is 0 Å². The van der Waals surface area contributed by atoms with E-state index in [-0.39, 0.29) is 12.1 Å². The molecule has 1 heterocycles. The van der Waals surface area contributed by atoms with Gasteiger partial charge in [-0.3, -0.25) is 0 Å². The Kier molecular flexibility index (Phi) is 5.53. The molecule has 0 spiro atoms. The van der Waals surface area contributed by atoms with Crippen molar-refractivity contribution in [3.63, 3.8) is 0 Å². The Balaban J connectivity index is 1.58. The first-order valence-electron chi connectivity index (χ1n) is 10.7. The van der Waals surface area contributed by atoms with Gasteiger partial charge in [-0.2, -0.15) is 0 Å². The maximum Gasteiger partial charge on any atom is 0.122 e. The summed E-state index contributed by atoms with van der Waals surface area (Å²) in [6.07, 6.45) is 2.28. The van der Waals surface area contributed by atoms with Crippen molar-refractivity contribution in [1.29, 1.82) is 0 Å². The van der Waals surface area contributed by atoms with Gasteiger partial charge in [0.1, 0.15) is 18.4 Å². The maximum absolute atomic E-state index is 6.48. The van der Waals surface area contributed by atoms with Crippen LogP contribution in [0.15, 0.2) is 133 Å². The molecule has 0 aromatic heterocycles. The number of hydrogen-bond acceptors (Lipinski definition) is 2. The second kappa shape index (κ2) is 8.93. The zero-order valence-corrected chi connectivity index (χ0v) is 17.3. The van der Waals surface area contributed by atoms with Crippen LogP contribution in [-0.4, -0.2) is 0 Å². The average Bonchev–Trinajstić information content (AvgIpc) is 3.24. The molecule has 0 fully saturated rings. The lowest BCUT2D eigenvalue weighted by Gasteiger charge is -2.34. The van der Waals surface area contributed by atoms with E-state index in [1.54, 1.807) is 0 Å². The molecule has 2 heteroatoms. The molecule has 0 saturated carbocycles. The molecule has 0 radical (unpaired) electrons. The fraction of sp³-hybridized carbons (Fsp3) is 0.103. The summed E-state index contributed by atoms with van der Waals surface area (Å²) in [5.74, 6) is 0.993. The third-order valence-corrected chi connectivity index (χ3v) is 5.73. The molecule has 152 valence electrons. The minimum absolute atomic E-state index is 0.0116. The Labute approximate surface area is 184 Å². The number of para-hydroxylation sites is 1. The zero-order chi connectivity index (χ0) is 20.9. The monoisotopic (exact) mass is 403 g/mol. The SMILES string of the molecule is C1=C(OCc2ccccc2)C(c2ccccc2)N(c2ccccc2)C1c1ccccc1. The van der Waals surface area contributed by atoms with E-state index in [4.69, 9.17) is 4.74 Å². The van der Waals surface area contributed by atoms with Crippen LogP contribution < -0.4 is 4.90 Å². The predicted octanol–water partition coefficient (Wildman–Crippen LogP) is 7.09. The van der Waals surface area contributed by atoms with Crippen LogP contribution in [0.3, 0.4) is 0 Å². The molecular formula is C29H25NO. The third kappa shape index (κ3) is 4.10. The second-order valence-corrected chi connectivity index (χ2v) is 7.75. The van der Waals surface area contributed by atoms with Crippen LogP contribution in [0.5, 0.6) is 0 Å². The Bertz CT molecular complexity index is 1120. The van der Waals surface area contributed by atoms with Gasteiger partial charge in [-0.05, 0) is 34.9 Å². The predicted molar refractivity (Wildman–Crippen MR) is 127 cm³/mol. The van der Waals surface area contributed by atoms with Gasteiger partial charge >= 0.3 is 0 Å². The molecule has 4 aromatic rings. The second-order valence-electron chi connectivity index (χ2n) is 7.75. The standard InChI is InChI=1S/C29H25NO/c1-5-13-23(14-6-1)22-31-28-21-27(24-15-7-2-8-16-24)30(26-19-11-4-12-20-26)29(28)25-17-9-3-10-18-25/h1-21,27,29H,22H2. The van der Waals surface area contributed by atoms with Gasteiger partial charge in [0, 0.05) is 5.69 Å². The summed E-state index contributed by atoms with van der Waals surface area (Å²) in [5.41, 5.74) is 4.83. The fourth-order valence-electron chi connectivity index (χ4n) is 4.27. The van der Waals surface area contributed by atoms with E-state index in [0.29, 0.717) is 6.61 Å². The molecule has 4 aromatic carbocycles. The maximum atomic E-state index is 6.48. The van der Waals surface area contributed by atoms with Crippen molar-refractivity contribution in [2.24, 2.45) is 0 Å². The number of nitrogens with zero attached hydrogens (tertiary/aromatic N) is 1. The highest BCUT2D eigenvalue weighted by molar-refractivity contribution is 5.58. The van der Waals surface area contributed by atoms with E-state index in [1.807, 2.05) is 6.07 Å². The highest BCUT2D eigenvalue weighted by Crippen LogP contribution is 2.46. The molecule has 2 unspecified atom stereocenters. The third-order valence-electron chi connectivity index (χ3n) is 5.73. The van der Waals surface area contributed by atoms with Crippen LogP contribution in [0.4, 0.5) is 5.69 Å². The van der Waals surface area contributed by atoms with Crippen LogP contribution in [0.25, 0.3) is 0 Å². The quantitative estimate of drug-likeness (QED) is 0.341. The molecule has 2 nitrogen and oxygen atoms in total. The molecular weight excluding hydrogens is 378 g/mol. The number of hydrogen-bond donors (Lipinski definition) is 0. The van der Waals surface area contributed by atoms with Crippen LogP contribution in [-0.2, 0) is 11.3 Å². The molecule has 2 atom stereocenters. The largest absolute Gasteiger partial charge is 0.491 e. The first kappa shape index (κ1) is 19.2. The van der Waals surface area contributed by atoms with E-state index >= 15 is 0 Å². The van der Waals surface area contributed by atoms with Gasteiger partial charge in [-0.15, -0.1) is 0 Å². The van der Waals surface area contributed by atoms with E-state index in [2.05, 4.69) is 126 Å². The fourth-order valence-corrected chi connectivity index (χ4v) is 4.27. The van der Waals surface area contributed by atoms with Crippen molar-refractivity contribution in [2.45, 2.75) is 18.7 Å². The molecule has 1 aliphatic rings. The average molecular weight is 404 g/mol. The molecule has 0 bridgehead atoms. The Hall–Kier alpha value is -3.78. The summed E-state index contributed by atoms with van der Waals surface area (Å²) in [6, 6.07) is 42.4. The van der Waals surface area contributed by atoms with E-state index < -0.39 is 0 Å². The van der Waals surface area contributed by atoms with Gasteiger partial charge in [-0.25, -0.2) is 0 Å². The zero-order valence-electron chi connectivity index (χ0n) is 17.3. The normalized spacial score (nSPS) is 17.9. The lowest BCUT2D eigenvalue weighted by Crippen LogP contribution is -2.28. The minimum Gasteiger partial charge on any atom is -0.491 e. The molecule has 1 aliphatic heterocycles. The smallest absolute Gasteiger partial charge is 0.122 e. The van der Waals surface area contributed by atoms with Crippen molar-refractivity contribution in [1.82, 2.24) is 0 Å². The first-order valence-corrected chi connectivity index (χ1v) is 10.7. The van der Waals surface area contributed by atoms with Gasteiger partial charge in [0.15, 0.2) is 0 Å². The molecule has 0 aliphatic carbocycles. The number of benzene rings is 4. The molecule has 0 saturated heterocycles. The van der Waals surface area contributed by atoms with Crippen LogP contribution >= 0.6 is 0 Å². The van der Waals surface area contributed by atoms with Crippen molar-refractivity contribution in [3.05, 3.63) is 150 Å². The highest BCUT2D eigenvalue weighted by Gasteiger charge is 2.38. The molecule has 31 heavy (non-hydrogen) atoms. The summed E-state index contributed by atoms with van der Waals surface area (Å²) >= 11 is 0. The van der Waals surface area contributed by atoms with Crippen molar-refractivity contribution >= 4 is 5.69 Å². The summed E-state index contributed by atoms with van der Waals surface area (Å²) in [7, 11) is 0. The number of anilines is 1. The van der Waals surface area contributed by atoms with Gasteiger partial charge in [0.2, 0.25) is 0 Å².